The van der Waals surface area contributed by atoms with Gasteiger partial charge < -0.3 is 14.9 Å². The van der Waals surface area contributed by atoms with Crippen LogP contribution >= 0.6 is 15.9 Å². The summed E-state index contributed by atoms with van der Waals surface area (Å²) in [5.41, 5.74) is 1.80. The maximum absolute atomic E-state index is 9.76. The molecule has 2 aromatic carbocycles. The maximum Gasteiger partial charge on any atom is 0.134 e. The van der Waals surface area contributed by atoms with Crippen LogP contribution in [0.15, 0.2) is 46.9 Å². The van der Waals surface area contributed by atoms with E-state index in [9.17, 15) is 5.11 Å². The van der Waals surface area contributed by atoms with Crippen LogP contribution in [0.4, 0.5) is 0 Å². The lowest BCUT2D eigenvalue weighted by Gasteiger charge is -2.14. The Balaban J connectivity index is 2.22. The minimum atomic E-state index is -0.591. The van der Waals surface area contributed by atoms with Crippen LogP contribution in [0.3, 0.4) is 0 Å². The van der Waals surface area contributed by atoms with E-state index in [0.29, 0.717) is 17.9 Å². The molecule has 0 spiro atoms. The van der Waals surface area contributed by atoms with Gasteiger partial charge in [-0.25, -0.2) is 0 Å². The molecular formula is C16H17BrO3. The molecule has 0 aliphatic heterocycles. The zero-order valence-corrected chi connectivity index (χ0v) is 12.8. The van der Waals surface area contributed by atoms with E-state index in [4.69, 9.17) is 9.84 Å². The third kappa shape index (κ3) is 3.82. The molecule has 0 amide bonds. The lowest BCUT2D eigenvalue weighted by atomic mass is 10.1. The van der Waals surface area contributed by atoms with E-state index in [-0.39, 0.29) is 6.61 Å². The van der Waals surface area contributed by atoms with Crippen LogP contribution in [0.25, 0.3) is 0 Å². The van der Waals surface area contributed by atoms with Crippen LogP contribution in [-0.2, 0) is 6.42 Å². The van der Waals surface area contributed by atoms with Gasteiger partial charge >= 0.3 is 0 Å². The molecule has 0 saturated carbocycles. The first-order chi connectivity index (χ1) is 9.60. The minimum Gasteiger partial charge on any atom is -0.457 e. The third-order valence-electron chi connectivity index (χ3n) is 2.98. The fourth-order valence-electron chi connectivity index (χ4n) is 1.92. The maximum atomic E-state index is 9.76. The van der Waals surface area contributed by atoms with Crippen LogP contribution in [0.1, 0.15) is 24.2 Å². The van der Waals surface area contributed by atoms with Crippen molar-refractivity contribution in [3.63, 3.8) is 0 Å². The fraction of sp³-hybridized carbons (Fsp3) is 0.250. The Labute approximate surface area is 127 Å². The Bertz CT molecular complexity index is 564. The number of benzene rings is 2. The molecule has 2 N–H and O–H groups in total. The van der Waals surface area contributed by atoms with Crippen molar-refractivity contribution in [2.75, 3.05) is 6.61 Å². The van der Waals surface area contributed by atoms with Crippen molar-refractivity contribution in [2.24, 2.45) is 0 Å². The zero-order valence-electron chi connectivity index (χ0n) is 11.2. The molecular weight excluding hydrogens is 320 g/mol. The summed E-state index contributed by atoms with van der Waals surface area (Å²) >= 11 is 3.40. The summed E-state index contributed by atoms with van der Waals surface area (Å²) in [6, 6.07) is 13.1. The molecule has 2 aromatic rings. The second-order valence-corrected chi connectivity index (χ2v) is 5.49. The van der Waals surface area contributed by atoms with Gasteiger partial charge in [0.05, 0.1) is 6.10 Å². The molecule has 0 aliphatic rings. The van der Waals surface area contributed by atoms with Crippen molar-refractivity contribution in [3.05, 3.63) is 58.1 Å². The van der Waals surface area contributed by atoms with Gasteiger partial charge in [0.25, 0.3) is 0 Å². The molecule has 2 rings (SSSR count). The highest BCUT2D eigenvalue weighted by Gasteiger charge is 2.10. The van der Waals surface area contributed by atoms with E-state index in [1.807, 2.05) is 42.5 Å². The summed E-state index contributed by atoms with van der Waals surface area (Å²) in [7, 11) is 0. The highest BCUT2D eigenvalue weighted by atomic mass is 79.9. The normalized spacial score (nSPS) is 12.2. The highest BCUT2D eigenvalue weighted by Crippen LogP contribution is 2.32. The molecule has 106 valence electrons. The smallest absolute Gasteiger partial charge is 0.134 e. The second-order valence-electron chi connectivity index (χ2n) is 4.58. The summed E-state index contributed by atoms with van der Waals surface area (Å²) in [6.07, 6.45) is 0.0440. The SMILES string of the molecule is CC(O)c1ccc(Br)cc1Oc1ccc(CCO)cc1. The van der Waals surface area contributed by atoms with E-state index in [1.165, 1.54) is 0 Å². The molecule has 0 aliphatic carbocycles. The molecule has 1 atom stereocenters. The Morgan fingerprint density at radius 2 is 1.85 bits per heavy atom. The van der Waals surface area contributed by atoms with Crippen molar-refractivity contribution in [2.45, 2.75) is 19.4 Å². The molecule has 0 radical (unpaired) electrons. The van der Waals surface area contributed by atoms with E-state index < -0.39 is 6.10 Å². The third-order valence-corrected chi connectivity index (χ3v) is 3.47. The van der Waals surface area contributed by atoms with E-state index in [2.05, 4.69) is 15.9 Å². The number of hydrogen-bond acceptors (Lipinski definition) is 3. The number of halogens is 1. The Hall–Kier alpha value is -1.36. The van der Waals surface area contributed by atoms with Crippen molar-refractivity contribution in [1.29, 1.82) is 0 Å². The van der Waals surface area contributed by atoms with Crippen molar-refractivity contribution in [3.8, 4) is 11.5 Å². The number of rotatable bonds is 5. The average Bonchev–Trinajstić information content (AvgIpc) is 2.41. The molecule has 0 saturated heterocycles. The van der Waals surface area contributed by atoms with Crippen LogP contribution in [0.5, 0.6) is 11.5 Å². The summed E-state index contributed by atoms with van der Waals surface area (Å²) in [4.78, 5) is 0. The van der Waals surface area contributed by atoms with E-state index in [1.54, 1.807) is 6.92 Å². The van der Waals surface area contributed by atoms with Gasteiger partial charge in [0, 0.05) is 16.6 Å². The largest absolute Gasteiger partial charge is 0.457 e. The van der Waals surface area contributed by atoms with Gasteiger partial charge in [-0.15, -0.1) is 0 Å². The van der Waals surface area contributed by atoms with Gasteiger partial charge in [-0.1, -0.05) is 34.1 Å². The van der Waals surface area contributed by atoms with Crippen LogP contribution in [-0.4, -0.2) is 16.8 Å². The topological polar surface area (TPSA) is 49.7 Å². The fourth-order valence-corrected chi connectivity index (χ4v) is 2.26. The van der Waals surface area contributed by atoms with E-state index >= 15 is 0 Å². The van der Waals surface area contributed by atoms with Gasteiger partial charge in [0.1, 0.15) is 11.5 Å². The lowest BCUT2D eigenvalue weighted by molar-refractivity contribution is 0.195. The molecule has 0 bridgehead atoms. The molecule has 0 heterocycles. The molecule has 3 nitrogen and oxygen atoms in total. The highest BCUT2D eigenvalue weighted by molar-refractivity contribution is 9.10. The van der Waals surface area contributed by atoms with Crippen LogP contribution in [0.2, 0.25) is 0 Å². The first-order valence-corrected chi connectivity index (χ1v) is 7.24. The molecule has 0 fully saturated rings. The van der Waals surface area contributed by atoms with Crippen molar-refractivity contribution in [1.82, 2.24) is 0 Å². The van der Waals surface area contributed by atoms with Gasteiger partial charge in [0.2, 0.25) is 0 Å². The zero-order chi connectivity index (χ0) is 14.5. The van der Waals surface area contributed by atoms with Crippen molar-refractivity contribution < 1.29 is 14.9 Å². The first-order valence-electron chi connectivity index (χ1n) is 6.45. The summed E-state index contributed by atoms with van der Waals surface area (Å²) in [5.74, 6) is 1.33. The minimum absolute atomic E-state index is 0.137. The summed E-state index contributed by atoms with van der Waals surface area (Å²) in [5, 5.41) is 18.7. The van der Waals surface area contributed by atoms with Crippen LogP contribution < -0.4 is 4.74 Å². The Kier molecular flexibility index (Phi) is 5.17. The molecule has 0 aromatic heterocycles. The molecule has 1 unspecified atom stereocenters. The monoisotopic (exact) mass is 336 g/mol. The molecule has 4 heteroatoms. The predicted molar refractivity (Wildman–Crippen MR) is 82.1 cm³/mol. The Morgan fingerprint density at radius 1 is 1.15 bits per heavy atom. The van der Waals surface area contributed by atoms with Gasteiger partial charge in [-0.2, -0.15) is 0 Å². The lowest BCUT2D eigenvalue weighted by Crippen LogP contribution is -1.96. The van der Waals surface area contributed by atoms with Crippen molar-refractivity contribution >= 4 is 15.9 Å². The van der Waals surface area contributed by atoms with Gasteiger partial charge in [-0.05, 0) is 43.2 Å². The van der Waals surface area contributed by atoms with Gasteiger partial charge in [0.15, 0.2) is 0 Å². The standard InChI is InChI=1S/C16H17BrO3/c1-11(19)15-7-4-13(17)10-16(15)20-14-5-2-12(3-6-14)8-9-18/h2-7,10-11,18-19H,8-9H2,1H3. The Morgan fingerprint density at radius 3 is 2.45 bits per heavy atom. The number of aliphatic hydroxyl groups excluding tert-OH is 2. The summed E-state index contributed by atoms with van der Waals surface area (Å²) in [6.45, 7) is 1.85. The second kappa shape index (κ2) is 6.88. The van der Waals surface area contributed by atoms with Crippen LogP contribution in [0, 0.1) is 0 Å². The number of hydrogen-bond donors (Lipinski definition) is 2. The predicted octanol–water partition coefficient (Wildman–Crippen LogP) is 3.83. The number of ether oxygens (including phenoxy) is 1. The molecule has 20 heavy (non-hydrogen) atoms. The number of aliphatic hydroxyl groups is 2. The summed E-state index contributed by atoms with van der Waals surface area (Å²) < 4.78 is 6.73. The van der Waals surface area contributed by atoms with Gasteiger partial charge in [-0.3, -0.25) is 0 Å². The first kappa shape index (κ1) is 15.0. The average molecular weight is 337 g/mol. The quantitative estimate of drug-likeness (QED) is 0.872. The van der Waals surface area contributed by atoms with E-state index in [0.717, 1.165) is 15.6 Å².